The molecule has 166 valence electrons. The molecule has 0 saturated carbocycles. The maximum absolute atomic E-state index is 12.5. The smallest absolute Gasteiger partial charge is 0.338 e. The Kier molecular flexibility index (Phi) is 6.44. The van der Waals surface area contributed by atoms with Crippen molar-refractivity contribution >= 4 is 44.3 Å². The highest BCUT2D eigenvalue weighted by molar-refractivity contribution is 7.89. The molecule has 0 unspecified atom stereocenters. The van der Waals surface area contributed by atoms with E-state index in [2.05, 4.69) is 19.7 Å². The van der Waals surface area contributed by atoms with E-state index in [1.807, 2.05) is 17.5 Å². The summed E-state index contributed by atoms with van der Waals surface area (Å²) >= 11 is 1.46. The molecule has 3 aromatic heterocycles. The van der Waals surface area contributed by atoms with E-state index < -0.39 is 16.0 Å². The second-order valence-corrected chi connectivity index (χ2v) is 9.59. The van der Waals surface area contributed by atoms with Crippen LogP contribution < -0.4 is 10.5 Å². The molecule has 0 fully saturated rings. The molecule has 0 atom stereocenters. The van der Waals surface area contributed by atoms with Gasteiger partial charge >= 0.3 is 5.97 Å². The molecule has 10 nitrogen and oxygen atoms in total. The molecule has 0 aliphatic heterocycles. The Hall–Kier alpha value is -3.35. The number of rotatable bonds is 9. The van der Waals surface area contributed by atoms with Crippen molar-refractivity contribution in [2.24, 2.45) is 0 Å². The number of aromatic nitrogens is 4. The predicted octanol–water partition coefficient (Wildman–Crippen LogP) is 2.20. The Morgan fingerprint density at radius 2 is 2.06 bits per heavy atom. The lowest BCUT2D eigenvalue weighted by atomic mass is 10.2. The number of ether oxygens (including phenoxy) is 1. The summed E-state index contributed by atoms with van der Waals surface area (Å²) in [6, 6.07) is 9.47. The van der Waals surface area contributed by atoms with Gasteiger partial charge in [-0.1, -0.05) is 12.1 Å². The highest BCUT2D eigenvalue weighted by atomic mass is 32.2. The fraction of sp³-hybridized carbons (Fsp3) is 0.200. The van der Waals surface area contributed by atoms with Crippen LogP contribution in [0.4, 0.5) is 5.82 Å². The second kappa shape index (κ2) is 9.42. The zero-order valence-electron chi connectivity index (χ0n) is 16.8. The van der Waals surface area contributed by atoms with Crippen LogP contribution in [0.3, 0.4) is 0 Å². The second-order valence-electron chi connectivity index (χ2n) is 6.79. The molecule has 0 amide bonds. The third-order valence-corrected chi connectivity index (χ3v) is 6.88. The van der Waals surface area contributed by atoms with Crippen molar-refractivity contribution in [3.63, 3.8) is 0 Å². The number of thiophene rings is 1. The molecule has 32 heavy (non-hydrogen) atoms. The monoisotopic (exact) mass is 472 g/mol. The van der Waals surface area contributed by atoms with Crippen LogP contribution in [-0.4, -0.2) is 40.5 Å². The quantitative estimate of drug-likeness (QED) is 0.279. The van der Waals surface area contributed by atoms with Crippen molar-refractivity contribution in [3.8, 4) is 0 Å². The Morgan fingerprint density at radius 1 is 1.19 bits per heavy atom. The minimum Gasteiger partial charge on any atom is -0.462 e. The summed E-state index contributed by atoms with van der Waals surface area (Å²) in [6.07, 6.45) is 3.49. The Bertz CT molecular complexity index is 1340. The van der Waals surface area contributed by atoms with Crippen molar-refractivity contribution in [3.05, 3.63) is 64.9 Å². The molecular formula is C20H20N6O4S2. The number of nitrogens with two attached hydrogens (primary N) is 1. The molecule has 4 aromatic rings. The van der Waals surface area contributed by atoms with E-state index in [1.54, 1.807) is 10.9 Å². The number of nitrogens with zero attached hydrogens (tertiary/aromatic N) is 4. The van der Waals surface area contributed by atoms with Crippen molar-refractivity contribution < 1.29 is 17.9 Å². The molecular weight excluding hydrogens is 452 g/mol. The van der Waals surface area contributed by atoms with Crippen molar-refractivity contribution in [1.82, 2.24) is 24.2 Å². The lowest BCUT2D eigenvalue weighted by Crippen LogP contribution is -2.23. The number of esters is 1. The van der Waals surface area contributed by atoms with Gasteiger partial charge in [0.05, 0.1) is 23.4 Å². The number of benzene rings is 1. The van der Waals surface area contributed by atoms with Crippen molar-refractivity contribution in [2.75, 3.05) is 12.3 Å². The van der Waals surface area contributed by atoms with E-state index >= 15 is 0 Å². The number of anilines is 1. The Morgan fingerprint density at radius 3 is 2.88 bits per heavy atom. The van der Waals surface area contributed by atoms with Gasteiger partial charge in [-0.2, -0.15) is 0 Å². The molecule has 0 spiro atoms. The Labute approximate surface area is 188 Å². The van der Waals surface area contributed by atoms with Crippen LogP contribution in [0, 0.1) is 0 Å². The first kappa shape index (κ1) is 21.9. The number of nitrogens with one attached hydrogen (secondary N) is 1. The molecule has 0 bridgehead atoms. The molecule has 12 heteroatoms. The third kappa shape index (κ3) is 4.93. The highest BCUT2D eigenvalue weighted by Crippen LogP contribution is 2.16. The summed E-state index contributed by atoms with van der Waals surface area (Å²) < 4.78 is 34.7. The van der Waals surface area contributed by atoms with Gasteiger partial charge in [-0.15, -0.1) is 11.3 Å². The van der Waals surface area contributed by atoms with Gasteiger partial charge in [0.25, 0.3) is 0 Å². The summed E-state index contributed by atoms with van der Waals surface area (Å²) in [4.78, 5) is 25.5. The number of hydrogen-bond acceptors (Lipinski definition) is 9. The van der Waals surface area contributed by atoms with E-state index in [4.69, 9.17) is 10.5 Å². The third-order valence-electron chi connectivity index (χ3n) is 4.60. The summed E-state index contributed by atoms with van der Waals surface area (Å²) in [5.41, 5.74) is 7.07. The number of nitrogen functional groups attached to an aromatic ring is 1. The zero-order valence-corrected chi connectivity index (χ0v) is 18.5. The van der Waals surface area contributed by atoms with Gasteiger partial charge in [0.1, 0.15) is 11.8 Å². The van der Waals surface area contributed by atoms with E-state index in [0.717, 1.165) is 4.88 Å². The number of aryl methyl sites for hydroxylation is 1. The van der Waals surface area contributed by atoms with Gasteiger partial charge in [-0.05, 0) is 36.1 Å². The number of carbonyl (C=O) groups excluding carboxylic acids is 1. The summed E-state index contributed by atoms with van der Waals surface area (Å²) in [6.45, 7) is 0.849. The zero-order chi connectivity index (χ0) is 22.6. The first-order valence-electron chi connectivity index (χ1n) is 9.64. The standard InChI is InChI=1S/C20H20N6O4S2/c21-18-17-19(23-12-22-18)26(13-24-17)7-3-8-30-20(27)14-4-1-6-16(10-14)32(28,29)25-11-15-5-2-9-31-15/h1-2,4-6,9-10,12-13,25H,3,7-8,11H2,(H2,21,22,23). The summed E-state index contributed by atoms with van der Waals surface area (Å²) in [5.74, 6) is -0.290. The maximum atomic E-state index is 12.5. The van der Waals surface area contributed by atoms with Gasteiger partial charge < -0.3 is 15.0 Å². The van der Waals surface area contributed by atoms with Gasteiger partial charge in [0, 0.05) is 18.0 Å². The number of fused-ring (bicyclic) bond motifs is 1. The molecule has 0 aliphatic rings. The molecule has 0 aliphatic carbocycles. The van der Waals surface area contributed by atoms with Crippen LogP contribution in [0.2, 0.25) is 0 Å². The van der Waals surface area contributed by atoms with E-state index in [0.29, 0.717) is 29.9 Å². The van der Waals surface area contributed by atoms with Crippen LogP contribution in [0.1, 0.15) is 21.7 Å². The number of sulfonamides is 1. The first-order chi connectivity index (χ1) is 15.4. The van der Waals surface area contributed by atoms with Crippen molar-refractivity contribution in [1.29, 1.82) is 0 Å². The first-order valence-corrected chi connectivity index (χ1v) is 12.0. The average Bonchev–Trinajstić information content (AvgIpc) is 3.46. The largest absolute Gasteiger partial charge is 0.462 e. The molecule has 0 radical (unpaired) electrons. The minimum atomic E-state index is -3.76. The average molecular weight is 473 g/mol. The molecule has 3 heterocycles. The maximum Gasteiger partial charge on any atom is 0.338 e. The SMILES string of the molecule is Nc1ncnc2c1ncn2CCCOC(=O)c1cccc(S(=O)(=O)NCc2cccs2)c1. The van der Waals surface area contributed by atoms with Crippen LogP contribution in [0.25, 0.3) is 11.2 Å². The van der Waals surface area contributed by atoms with E-state index in [1.165, 1.54) is 41.9 Å². The summed E-state index contributed by atoms with van der Waals surface area (Å²) in [5, 5.41) is 1.87. The van der Waals surface area contributed by atoms with E-state index in [-0.39, 0.29) is 23.6 Å². The molecule has 4 rings (SSSR count). The molecule has 0 saturated heterocycles. The normalized spacial score (nSPS) is 11.6. The van der Waals surface area contributed by atoms with Crippen LogP contribution in [0.15, 0.2) is 59.3 Å². The van der Waals surface area contributed by atoms with E-state index in [9.17, 15) is 13.2 Å². The number of hydrogen-bond donors (Lipinski definition) is 2. The lowest BCUT2D eigenvalue weighted by Gasteiger charge is -2.09. The van der Waals surface area contributed by atoms with Gasteiger partial charge in [0.2, 0.25) is 10.0 Å². The summed E-state index contributed by atoms with van der Waals surface area (Å²) in [7, 11) is -3.76. The van der Waals surface area contributed by atoms with Crippen LogP contribution in [0.5, 0.6) is 0 Å². The topological polar surface area (TPSA) is 142 Å². The van der Waals surface area contributed by atoms with Crippen LogP contribution >= 0.6 is 11.3 Å². The van der Waals surface area contributed by atoms with Gasteiger partial charge in [-0.3, -0.25) is 0 Å². The lowest BCUT2D eigenvalue weighted by molar-refractivity contribution is 0.0496. The predicted molar refractivity (Wildman–Crippen MR) is 119 cm³/mol. The van der Waals surface area contributed by atoms with Gasteiger partial charge in [0.15, 0.2) is 11.5 Å². The van der Waals surface area contributed by atoms with Gasteiger partial charge in [-0.25, -0.2) is 32.9 Å². The number of carbonyl (C=O) groups is 1. The fourth-order valence-corrected chi connectivity index (χ4v) is 4.79. The van der Waals surface area contributed by atoms with Crippen molar-refractivity contribution in [2.45, 2.75) is 24.4 Å². The van der Waals surface area contributed by atoms with Crippen LogP contribution in [-0.2, 0) is 27.8 Å². The Balaban J connectivity index is 1.33. The molecule has 1 aromatic carbocycles. The minimum absolute atomic E-state index is 0.00524. The number of imidazole rings is 1. The molecule has 3 N–H and O–H groups in total. The highest BCUT2D eigenvalue weighted by Gasteiger charge is 2.17. The fourth-order valence-electron chi connectivity index (χ4n) is 3.00.